The van der Waals surface area contributed by atoms with Crippen molar-refractivity contribution in [3.05, 3.63) is 83.4 Å². The van der Waals surface area contributed by atoms with Crippen LogP contribution in [0.1, 0.15) is 42.5 Å². The van der Waals surface area contributed by atoms with Crippen molar-refractivity contribution in [3.8, 4) is 0 Å². The van der Waals surface area contributed by atoms with E-state index in [2.05, 4.69) is 5.32 Å². The molecule has 1 atom stereocenters. The topological polar surface area (TPSA) is 61.9 Å². The minimum absolute atomic E-state index is 0.166. The Bertz CT molecular complexity index is 1300. The Kier molecular flexibility index (Phi) is 6.47. The quantitative estimate of drug-likeness (QED) is 0.459. The van der Waals surface area contributed by atoms with Gasteiger partial charge in [-0.05, 0) is 41.0 Å². The molecule has 3 amide bonds. The predicted molar refractivity (Wildman–Crippen MR) is 133 cm³/mol. The molecule has 2 aliphatic rings. The maximum absolute atomic E-state index is 13.0. The molecule has 2 fully saturated rings. The number of likely N-dealkylation sites (tertiary alicyclic amines) is 1. The largest absolute Gasteiger partial charge is 0.441 e. The Morgan fingerprint density at radius 1 is 1.03 bits per heavy atom. The zero-order chi connectivity index (χ0) is 26.2. The standard InChI is InChI=1S/C28H28F3N3O3/c1-19(23-8-4-6-21-5-2-3-7-24(21)23)32-25(35)33-15-13-27(14-16-33)18-34(26(36)37-27)17-20-9-11-22(12-10-20)28(29,30)31/h2-12,19H,13-18H2,1H3,(H,32,35). The van der Waals surface area contributed by atoms with Crippen LogP contribution in [-0.4, -0.2) is 47.2 Å². The van der Waals surface area contributed by atoms with Crippen molar-refractivity contribution in [1.29, 1.82) is 0 Å². The summed E-state index contributed by atoms with van der Waals surface area (Å²) in [6.45, 7) is 3.36. The third-order valence-electron chi connectivity index (χ3n) is 7.29. The van der Waals surface area contributed by atoms with Crippen molar-refractivity contribution >= 4 is 22.9 Å². The highest BCUT2D eigenvalue weighted by Crippen LogP contribution is 2.35. The molecule has 0 aromatic heterocycles. The number of hydrogen-bond donors (Lipinski definition) is 1. The van der Waals surface area contributed by atoms with Crippen LogP contribution in [0.2, 0.25) is 0 Å². The van der Waals surface area contributed by atoms with Gasteiger partial charge in [-0.2, -0.15) is 13.2 Å². The number of carbonyl (C=O) groups is 2. The van der Waals surface area contributed by atoms with E-state index in [1.54, 1.807) is 4.90 Å². The molecule has 3 aromatic rings. The van der Waals surface area contributed by atoms with Gasteiger partial charge in [0.25, 0.3) is 0 Å². The third kappa shape index (κ3) is 5.21. The molecule has 6 nitrogen and oxygen atoms in total. The number of benzene rings is 3. The van der Waals surface area contributed by atoms with Gasteiger partial charge in [0.1, 0.15) is 5.60 Å². The summed E-state index contributed by atoms with van der Waals surface area (Å²) >= 11 is 0. The zero-order valence-electron chi connectivity index (χ0n) is 20.4. The maximum Gasteiger partial charge on any atom is 0.416 e. The van der Waals surface area contributed by atoms with Crippen molar-refractivity contribution in [2.75, 3.05) is 19.6 Å². The Balaban J connectivity index is 1.17. The van der Waals surface area contributed by atoms with Gasteiger partial charge in [-0.3, -0.25) is 4.90 Å². The van der Waals surface area contributed by atoms with E-state index in [0.29, 0.717) is 38.0 Å². The average molecular weight is 512 g/mol. The van der Waals surface area contributed by atoms with Gasteiger partial charge in [0.15, 0.2) is 0 Å². The molecular formula is C28H28F3N3O3. The number of amides is 3. The number of nitrogens with zero attached hydrogens (tertiary/aromatic N) is 2. The lowest BCUT2D eigenvalue weighted by Crippen LogP contribution is -2.51. The number of hydrogen-bond acceptors (Lipinski definition) is 3. The average Bonchev–Trinajstić information content (AvgIpc) is 3.17. The zero-order valence-corrected chi connectivity index (χ0v) is 20.4. The second-order valence-electron chi connectivity index (χ2n) is 9.83. The van der Waals surface area contributed by atoms with E-state index in [9.17, 15) is 22.8 Å². The van der Waals surface area contributed by atoms with Gasteiger partial charge < -0.3 is 15.0 Å². The van der Waals surface area contributed by atoms with Crippen LogP contribution < -0.4 is 5.32 Å². The van der Waals surface area contributed by atoms with E-state index in [1.165, 1.54) is 17.0 Å². The van der Waals surface area contributed by atoms with E-state index in [4.69, 9.17) is 4.74 Å². The SMILES string of the molecule is CC(NC(=O)N1CCC2(CC1)CN(Cc1ccc(C(F)(F)F)cc1)C(=O)O2)c1cccc2ccccc12. The number of rotatable bonds is 4. The van der Waals surface area contributed by atoms with Gasteiger partial charge in [0.2, 0.25) is 0 Å². The minimum Gasteiger partial charge on any atom is -0.441 e. The molecule has 0 aliphatic carbocycles. The Morgan fingerprint density at radius 3 is 2.41 bits per heavy atom. The number of nitrogens with one attached hydrogen (secondary N) is 1. The molecule has 1 spiro atoms. The highest BCUT2D eigenvalue weighted by Gasteiger charge is 2.47. The first-order valence-electron chi connectivity index (χ1n) is 12.3. The van der Waals surface area contributed by atoms with E-state index in [0.717, 1.165) is 28.5 Å². The lowest BCUT2D eigenvalue weighted by atomic mass is 9.91. The van der Waals surface area contributed by atoms with E-state index >= 15 is 0 Å². The molecule has 2 aliphatic heterocycles. The van der Waals surface area contributed by atoms with Gasteiger partial charge in [-0.25, -0.2) is 9.59 Å². The second-order valence-corrected chi connectivity index (χ2v) is 9.83. The molecule has 5 rings (SSSR count). The Hall–Kier alpha value is -3.75. The first-order chi connectivity index (χ1) is 17.6. The molecule has 1 unspecified atom stereocenters. The van der Waals surface area contributed by atoms with Crippen LogP contribution in [0.5, 0.6) is 0 Å². The number of carbonyl (C=O) groups excluding carboxylic acids is 2. The molecular weight excluding hydrogens is 483 g/mol. The number of urea groups is 1. The van der Waals surface area contributed by atoms with Gasteiger partial charge in [-0.1, -0.05) is 54.6 Å². The van der Waals surface area contributed by atoms with E-state index in [1.807, 2.05) is 49.4 Å². The first-order valence-corrected chi connectivity index (χ1v) is 12.3. The number of halogens is 3. The summed E-state index contributed by atoms with van der Waals surface area (Å²) in [5.74, 6) is 0. The summed E-state index contributed by atoms with van der Waals surface area (Å²) in [6.07, 6.45) is -3.89. The molecule has 9 heteroatoms. The highest BCUT2D eigenvalue weighted by atomic mass is 19.4. The summed E-state index contributed by atoms with van der Waals surface area (Å²) in [7, 11) is 0. The van der Waals surface area contributed by atoms with Crippen LogP contribution in [-0.2, 0) is 17.5 Å². The fourth-order valence-electron chi connectivity index (χ4n) is 5.19. The summed E-state index contributed by atoms with van der Waals surface area (Å²) in [5, 5.41) is 5.31. The highest BCUT2D eigenvalue weighted by molar-refractivity contribution is 5.86. The van der Waals surface area contributed by atoms with Crippen LogP contribution in [0, 0.1) is 0 Å². The lowest BCUT2D eigenvalue weighted by molar-refractivity contribution is -0.137. The molecule has 0 saturated carbocycles. The van der Waals surface area contributed by atoms with Gasteiger partial charge in [0.05, 0.1) is 18.2 Å². The third-order valence-corrected chi connectivity index (χ3v) is 7.29. The van der Waals surface area contributed by atoms with Crippen molar-refractivity contribution < 1.29 is 27.5 Å². The summed E-state index contributed by atoms with van der Waals surface area (Å²) in [6, 6.07) is 18.5. The molecule has 1 N–H and O–H groups in total. The van der Waals surface area contributed by atoms with Crippen LogP contribution in [0.3, 0.4) is 0 Å². The summed E-state index contributed by atoms with van der Waals surface area (Å²) < 4.78 is 44.2. The molecule has 194 valence electrons. The number of fused-ring (bicyclic) bond motifs is 1. The minimum atomic E-state index is -4.40. The second kappa shape index (κ2) is 9.61. The van der Waals surface area contributed by atoms with Crippen molar-refractivity contribution in [2.24, 2.45) is 0 Å². The van der Waals surface area contributed by atoms with Crippen LogP contribution in [0.25, 0.3) is 10.8 Å². The predicted octanol–water partition coefficient (Wildman–Crippen LogP) is 6.12. The summed E-state index contributed by atoms with van der Waals surface area (Å²) in [5.41, 5.74) is 0.225. The molecule has 3 aromatic carbocycles. The number of piperidine rings is 1. The fourth-order valence-corrected chi connectivity index (χ4v) is 5.19. The molecule has 2 saturated heterocycles. The number of alkyl halides is 3. The van der Waals surface area contributed by atoms with Crippen molar-refractivity contribution in [2.45, 2.75) is 44.1 Å². The van der Waals surface area contributed by atoms with Crippen LogP contribution in [0.15, 0.2) is 66.7 Å². The van der Waals surface area contributed by atoms with Crippen molar-refractivity contribution in [1.82, 2.24) is 15.1 Å². The molecule has 37 heavy (non-hydrogen) atoms. The Morgan fingerprint density at radius 2 is 1.70 bits per heavy atom. The maximum atomic E-state index is 13.0. The van der Waals surface area contributed by atoms with Gasteiger partial charge in [0, 0.05) is 32.5 Å². The molecule has 2 heterocycles. The monoisotopic (exact) mass is 511 g/mol. The number of ether oxygens (including phenoxy) is 1. The Labute approximate surface area is 213 Å². The normalized spacial score (nSPS) is 18.2. The lowest BCUT2D eigenvalue weighted by Gasteiger charge is -2.37. The van der Waals surface area contributed by atoms with Gasteiger partial charge in [-0.15, -0.1) is 0 Å². The molecule has 0 radical (unpaired) electrons. The van der Waals surface area contributed by atoms with Crippen LogP contribution in [0.4, 0.5) is 22.8 Å². The molecule has 0 bridgehead atoms. The van der Waals surface area contributed by atoms with Crippen LogP contribution >= 0.6 is 0 Å². The fraction of sp³-hybridized carbons (Fsp3) is 0.357. The first kappa shape index (κ1) is 24.9. The van der Waals surface area contributed by atoms with E-state index < -0.39 is 23.4 Å². The smallest absolute Gasteiger partial charge is 0.416 e. The summed E-state index contributed by atoms with van der Waals surface area (Å²) in [4.78, 5) is 28.8. The van der Waals surface area contributed by atoms with Gasteiger partial charge >= 0.3 is 18.3 Å². The van der Waals surface area contributed by atoms with Crippen molar-refractivity contribution in [3.63, 3.8) is 0 Å². The van der Waals surface area contributed by atoms with E-state index in [-0.39, 0.29) is 18.6 Å².